The minimum absolute atomic E-state index is 0.193. The number of halogens is 2. The summed E-state index contributed by atoms with van der Waals surface area (Å²) >= 11 is 5.78. The third-order valence-electron chi connectivity index (χ3n) is 4.49. The van der Waals surface area contributed by atoms with E-state index in [4.69, 9.17) is 22.1 Å². The third-order valence-corrected chi connectivity index (χ3v) is 4.72. The largest absolute Gasteiger partial charge is 0.377 e. The number of hydrogen-bond acceptors (Lipinski definition) is 2. The molecule has 1 saturated carbocycles. The first-order valence-electron chi connectivity index (χ1n) is 7.32. The first-order valence-corrected chi connectivity index (χ1v) is 7.70. The summed E-state index contributed by atoms with van der Waals surface area (Å²) < 4.78 is 19.7. The highest BCUT2D eigenvalue weighted by Crippen LogP contribution is 2.33. The lowest BCUT2D eigenvalue weighted by Crippen LogP contribution is -2.50. The molecule has 2 rings (SSSR count). The molecule has 1 fully saturated rings. The van der Waals surface area contributed by atoms with Crippen molar-refractivity contribution in [3.8, 4) is 0 Å². The van der Waals surface area contributed by atoms with Crippen molar-refractivity contribution in [1.82, 2.24) is 0 Å². The maximum absolute atomic E-state index is 13.9. The Bertz CT molecular complexity index is 444. The van der Waals surface area contributed by atoms with Crippen molar-refractivity contribution in [2.75, 3.05) is 7.11 Å². The topological polar surface area (TPSA) is 35.2 Å². The van der Waals surface area contributed by atoms with Gasteiger partial charge in [-0.2, -0.15) is 0 Å². The Morgan fingerprint density at radius 2 is 1.95 bits per heavy atom. The van der Waals surface area contributed by atoms with Crippen molar-refractivity contribution in [2.24, 2.45) is 5.73 Å². The van der Waals surface area contributed by atoms with Crippen LogP contribution in [0.2, 0.25) is 5.02 Å². The molecular weight excluding hydrogens is 277 g/mol. The average molecular weight is 300 g/mol. The molecule has 0 spiro atoms. The molecular formula is C16H23ClFNO. The van der Waals surface area contributed by atoms with Gasteiger partial charge in [0.15, 0.2) is 0 Å². The van der Waals surface area contributed by atoms with E-state index in [0.717, 1.165) is 25.7 Å². The van der Waals surface area contributed by atoms with Gasteiger partial charge in [-0.05, 0) is 37.0 Å². The molecule has 0 aromatic heterocycles. The van der Waals surface area contributed by atoms with Crippen LogP contribution in [-0.2, 0) is 11.2 Å². The summed E-state index contributed by atoms with van der Waals surface area (Å²) in [6.07, 6.45) is 7.12. The molecule has 1 aliphatic rings. The van der Waals surface area contributed by atoms with Crippen LogP contribution in [0.1, 0.15) is 44.1 Å². The van der Waals surface area contributed by atoms with E-state index in [9.17, 15) is 4.39 Å². The summed E-state index contributed by atoms with van der Waals surface area (Å²) in [5.41, 5.74) is 6.67. The maximum Gasteiger partial charge on any atom is 0.127 e. The minimum Gasteiger partial charge on any atom is -0.377 e. The number of nitrogens with two attached hydrogens (primary N) is 1. The highest BCUT2D eigenvalue weighted by molar-refractivity contribution is 6.30. The summed E-state index contributed by atoms with van der Waals surface area (Å²) in [6, 6.07) is 4.58. The van der Waals surface area contributed by atoms with Gasteiger partial charge in [0.05, 0.1) is 5.60 Å². The molecule has 2 nitrogen and oxygen atoms in total. The fourth-order valence-electron chi connectivity index (χ4n) is 3.16. The molecule has 0 amide bonds. The molecule has 0 saturated heterocycles. The van der Waals surface area contributed by atoms with Crippen LogP contribution in [0.15, 0.2) is 18.2 Å². The second kappa shape index (κ2) is 6.88. The van der Waals surface area contributed by atoms with E-state index in [1.54, 1.807) is 19.2 Å². The zero-order chi connectivity index (χ0) is 14.6. The normalized spacial score (nSPS) is 20.4. The van der Waals surface area contributed by atoms with Gasteiger partial charge in [0, 0.05) is 18.2 Å². The maximum atomic E-state index is 13.9. The van der Waals surface area contributed by atoms with Crippen molar-refractivity contribution in [3.63, 3.8) is 0 Å². The van der Waals surface area contributed by atoms with E-state index in [1.807, 2.05) is 0 Å². The lowest BCUT2D eigenvalue weighted by atomic mass is 9.83. The van der Waals surface area contributed by atoms with E-state index in [2.05, 4.69) is 0 Å². The molecule has 0 radical (unpaired) electrons. The highest BCUT2D eigenvalue weighted by atomic mass is 35.5. The summed E-state index contributed by atoms with van der Waals surface area (Å²) in [7, 11) is 1.73. The van der Waals surface area contributed by atoms with Crippen LogP contribution in [0, 0.1) is 5.82 Å². The van der Waals surface area contributed by atoms with Crippen LogP contribution in [0.5, 0.6) is 0 Å². The van der Waals surface area contributed by atoms with Crippen molar-refractivity contribution in [2.45, 2.75) is 56.6 Å². The van der Waals surface area contributed by atoms with Gasteiger partial charge in [0.2, 0.25) is 0 Å². The second-order valence-electron chi connectivity index (χ2n) is 5.73. The Balaban J connectivity index is 2.13. The summed E-state index contributed by atoms with van der Waals surface area (Å²) in [4.78, 5) is 0. The smallest absolute Gasteiger partial charge is 0.127 e. The molecule has 4 heteroatoms. The predicted octanol–water partition coefficient (Wildman–Crippen LogP) is 4.09. The zero-order valence-corrected chi connectivity index (χ0v) is 12.8. The van der Waals surface area contributed by atoms with Crippen molar-refractivity contribution < 1.29 is 9.13 Å². The molecule has 1 unspecified atom stereocenters. The molecule has 0 aliphatic heterocycles. The van der Waals surface area contributed by atoms with E-state index in [-0.39, 0.29) is 17.5 Å². The summed E-state index contributed by atoms with van der Waals surface area (Å²) in [5.74, 6) is -0.284. The lowest BCUT2D eigenvalue weighted by Gasteiger charge is -2.37. The van der Waals surface area contributed by atoms with E-state index >= 15 is 0 Å². The Morgan fingerprint density at radius 1 is 1.30 bits per heavy atom. The number of rotatable bonds is 4. The Morgan fingerprint density at radius 3 is 2.50 bits per heavy atom. The predicted molar refractivity (Wildman–Crippen MR) is 80.5 cm³/mol. The highest BCUT2D eigenvalue weighted by Gasteiger charge is 2.37. The van der Waals surface area contributed by atoms with Gasteiger partial charge in [0.25, 0.3) is 0 Å². The van der Waals surface area contributed by atoms with Crippen LogP contribution >= 0.6 is 11.6 Å². The standard InChI is InChI=1S/C16H23ClFNO/c1-20-16(8-4-2-3-5-9-16)15(19)10-12-6-7-13(17)11-14(12)18/h6-7,11,15H,2-5,8-10,19H2,1H3. The zero-order valence-electron chi connectivity index (χ0n) is 12.0. The Hall–Kier alpha value is -0.640. The second-order valence-corrected chi connectivity index (χ2v) is 6.17. The molecule has 1 aliphatic carbocycles. The van der Waals surface area contributed by atoms with E-state index in [1.165, 1.54) is 18.9 Å². The first kappa shape index (κ1) is 15.7. The number of methoxy groups -OCH3 is 1. The summed E-state index contributed by atoms with van der Waals surface area (Å²) in [5, 5.41) is 0.413. The first-order chi connectivity index (χ1) is 9.57. The van der Waals surface area contributed by atoms with Crippen molar-refractivity contribution in [1.29, 1.82) is 0 Å². The van der Waals surface area contributed by atoms with Gasteiger partial charge in [0.1, 0.15) is 5.82 Å². The SMILES string of the molecule is COC1(C(N)Cc2ccc(Cl)cc2F)CCCCCC1. The van der Waals surface area contributed by atoms with Crippen LogP contribution in [-0.4, -0.2) is 18.8 Å². The number of ether oxygens (including phenoxy) is 1. The Kier molecular flexibility index (Phi) is 5.42. The van der Waals surface area contributed by atoms with Crippen molar-refractivity contribution >= 4 is 11.6 Å². The minimum atomic E-state index is -0.317. The lowest BCUT2D eigenvalue weighted by molar-refractivity contribution is -0.0431. The monoisotopic (exact) mass is 299 g/mol. The molecule has 20 heavy (non-hydrogen) atoms. The fourth-order valence-corrected chi connectivity index (χ4v) is 3.32. The average Bonchev–Trinajstić information content (AvgIpc) is 2.68. The molecule has 1 aromatic rings. The van der Waals surface area contributed by atoms with Gasteiger partial charge < -0.3 is 10.5 Å². The number of benzene rings is 1. The molecule has 2 N–H and O–H groups in total. The van der Waals surface area contributed by atoms with Gasteiger partial charge >= 0.3 is 0 Å². The quantitative estimate of drug-likeness (QED) is 0.850. The molecule has 1 atom stereocenters. The number of hydrogen-bond donors (Lipinski definition) is 1. The fraction of sp³-hybridized carbons (Fsp3) is 0.625. The molecule has 0 heterocycles. The van der Waals surface area contributed by atoms with E-state index in [0.29, 0.717) is 17.0 Å². The van der Waals surface area contributed by atoms with Gasteiger partial charge in [-0.15, -0.1) is 0 Å². The van der Waals surface area contributed by atoms with E-state index < -0.39 is 0 Å². The molecule has 1 aromatic carbocycles. The van der Waals surface area contributed by atoms with Crippen LogP contribution in [0.3, 0.4) is 0 Å². The Labute approximate surface area is 125 Å². The van der Waals surface area contributed by atoms with Gasteiger partial charge in [-0.3, -0.25) is 0 Å². The third kappa shape index (κ3) is 3.51. The van der Waals surface area contributed by atoms with Gasteiger partial charge in [-0.1, -0.05) is 43.4 Å². The van der Waals surface area contributed by atoms with Crippen molar-refractivity contribution in [3.05, 3.63) is 34.6 Å². The van der Waals surface area contributed by atoms with Crippen LogP contribution in [0.4, 0.5) is 4.39 Å². The summed E-state index contributed by atoms with van der Waals surface area (Å²) in [6.45, 7) is 0. The van der Waals surface area contributed by atoms with Gasteiger partial charge in [-0.25, -0.2) is 4.39 Å². The van der Waals surface area contributed by atoms with Crippen LogP contribution < -0.4 is 5.73 Å². The molecule has 0 bridgehead atoms. The molecule has 112 valence electrons. The van der Waals surface area contributed by atoms with Crippen LogP contribution in [0.25, 0.3) is 0 Å².